The molecule has 140 valence electrons. The lowest BCUT2D eigenvalue weighted by atomic mass is 10.0. The van der Waals surface area contributed by atoms with Gasteiger partial charge in [-0.25, -0.2) is 0 Å². The smallest absolute Gasteiger partial charge is 0.211 e. The van der Waals surface area contributed by atoms with E-state index in [0.29, 0.717) is 45.2 Å². The molecule has 0 saturated carbocycles. The highest BCUT2D eigenvalue weighted by Crippen LogP contribution is 2.39. The highest BCUT2D eigenvalue weighted by atomic mass is 16.5. The molecule has 7 nitrogen and oxygen atoms in total. The second-order valence-electron chi connectivity index (χ2n) is 5.62. The summed E-state index contributed by atoms with van der Waals surface area (Å²) in [7, 11) is 6.08. The average Bonchev–Trinajstić information content (AvgIpc) is 3.15. The van der Waals surface area contributed by atoms with Crippen molar-refractivity contribution in [3.8, 4) is 23.0 Å². The molecule has 1 heterocycles. The summed E-state index contributed by atoms with van der Waals surface area (Å²) in [6.07, 6.45) is 1.65. The maximum absolute atomic E-state index is 13.1. The van der Waals surface area contributed by atoms with Gasteiger partial charge in [0.25, 0.3) is 0 Å². The number of rotatable bonds is 7. The number of ketones is 1. The zero-order chi connectivity index (χ0) is 19.6. The average molecular weight is 368 g/mol. The van der Waals surface area contributed by atoms with Crippen molar-refractivity contribution in [3.63, 3.8) is 0 Å². The fraction of sp³-hybridized carbons (Fsp3) is 0.200. The van der Waals surface area contributed by atoms with Gasteiger partial charge in [-0.2, -0.15) is 5.10 Å². The lowest BCUT2D eigenvalue weighted by Gasteiger charge is -2.13. The largest absolute Gasteiger partial charge is 0.496 e. The first-order valence-corrected chi connectivity index (χ1v) is 8.11. The van der Waals surface area contributed by atoms with Crippen LogP contribution in [0.4, 0.5) is 0 Å². The van der Waals surface area contributed by atoms with E-state index in [4.69, 9.17) is 18.9 Å². The maximum Gasteiger partial charge on any atom is 0.211 e. The number of methoxy groups -OCH3 is 4. The molecule has 3 rings (SSSR count). The Morgan fingerprint density at radius 2 is 1.63 bits per heavy atom. The molecule has 0 aliphatic heterocycles. The number of nitrogens with one attached hydrogen (secondary N) is 1. The van der Waals surface area contributed by atoms with E-state index < -0.39 is 0 Å². The molecule has 0 amide bonds. The summed E-state index contributed by atoms with van der Waals surface area (Å²) in [5, 5.41) is 7.78. The minimum Gasteiger partial charge on any atom is -0.496 e. The van der Waals surface area contributed by atoms with E-state index >= 15 is 0 Å². The van der Waals surface area contributed by atoms with Crippen molar-refractivity contribution in [3.05, 3.63) is 47.7 Å². The zero-order valence-corrected chi connectivity index (χ0v) is 15.6. The summed E-state index contributed by atoms with van der Waals surface area (Å²) in [5.74, 6) is 1.60. The third-order valence-electron chi connectivity index (χ3n) is 4.30. The van der Waals surface area contributed by atoms with Gasteiger partial charge in [0.05, 0.1) is 28.4 Å². The zero-order valence-electron chi connectivity index (χ0n) is 15.6. The Morgan fingerprint density at radius 1 is 1.00 bits per heavy atom. The molecule has 7 heteroatoms. The number of H-pyrrole nitrogens is 1. The second-order valence-corrected chi connectivity index (χ2v) is 5.62. The Hall–Kier alpha value is -3.48. The van der Waals surface area contributed by atoms with Gasteiger partial charge in [0.1, 0.15) is 17.0 Å². The van der Waals surface area contributed by atoms with Crippen LogP contribution in [0.5, 0.6) is 23.0 Å². The first-order chi connectivity index (χ1) is 13.1. The van der Waals surface area contributed by atoms with Crippen molar-refractivity contribution >= 4 is 22.8 Å². The summed E-state index contributed by atoms with van der Waals surface area (Å²) in [6, 6.07) is 6.78. The molecule has 0 saturated heterocycles. The molecule has 1 aromatic heterocycles. The van der Waals surface area contributed by atoms with Gasteiger partial charge in [-0.3, -0.25) is 9.89 Å². The molecule has 0 spiro atoms. The number of hydrogen-bond acceptors (Lipinski definition) is 6. The highest BCUT2D eigenvalue weighted by molar-refractivity contribution is 6.16. The van der Waals surface area contributed by atoms with Crippen molar-refractivity contribution < 1.29 is 23.7 Å². The third-order valence-corrected chi connectivity index (χ3v) is 4.30. The molecule has 0 bridgehead atoms. The number of aromatic nitrogens is 2. The fourth-order valence-electron chi connectivity index (χ4n) is 2.99. The van der Waals surface area contributed by atoms with Crippen LogP contribution < -0.4 is 18.9 Å². The van der Waals surface area contributed by atoms with E-state index in [-0.39, 0.29) is 5.78 Å². The van der Waals surface area contributed by atoms with Gasteiger partial charge in [-0.1, -0.05) is 12.7 Å². The van der Waals surface area contributed by atoms with Crippen LogP contribution in [0.3, 0.4) is 0 Å². The van der Waals surface area contributed by atoms with E-state index in [2.05, 4.69) is 16.8 Å². The van der Waals surface area contributed by atoms with Crippen LogP contribution in [0.2, 0.25) is 0 Å². The number of hydrogen-bond donors (Lipinski definition) is 1. The maximum atomic E-state index is 13.1. The first-order valence-electron chi connectivity index (χ1n) is 8.11. The molecule has 3 aromatic rings. The van der Waals surface area contributed by atoms with Crippen LogP contribution in [0.25, 0.3) is 17.0 Å². The molecular formula is C20H20N2O5. The third kappa shape index (κ3) is 2.97. The number of nitrogens with zero attached hydrogens (tertiary/aromatic N) is 1. The summed E-state index contributed by atoms with van der Waals surface area (Å²) < 4.78 is 21.3. The summed E-state index contributed by atoms with van der Waals surface area (Å²) in [4.78, 5) is 13.1. The van der Waals surface area contributed by atoms with E-state index in [1.807, 2.05) is 0 Å². The Bertz CT molecular complexity index is 998. The first kappa shape index (κ1) is 18.3. The van der Waals surface area contributed by atoms with Crippen LogP contribution in [0, 0.1) is 0 Å². The predicted molar refractivity (Wildman–Crippen MR) is 102 cm³/mol. The van der Waals surface area contributed by atoms with Crippen molar-refractivity contribution in [1.29, 1.82) is 0 Å². The quantitative estimate of drug-likeness (QED) is 0.643. The van der Waals surface area contributed by atoms with Crippen molar-refractivity contribution in [2.45, 2.75) is 0 Å². The molecule has 0 unspecified atom stereocenters. The number of carbonyl (C=O) groups is 1. The van der Waals surface area contributed by atoms with Crippen LogP contribution >= 0.6 is 0 Å². The van der Waals surface area contributed by atoms with Gasteiger partial charge in [0, 0.05) is 16.5 Å². The van der Waals surface area contributed by atoms with Gasteiger partial charge in [-0.05, 0) is 24.3 Å². The Labute approximate surface area is 156 Å². The summed E-state index contributed by atoms with van der Waals surface area (Å²) in [6.45, 7) is 3.80. The summed E-state index contributed by atoms with van der Waals surface area (Å²) >= 11 is 0. The van der Waals surface area contributed by atoms with Crippen molar-refractivity contribution in [1.82, 2.24) is 10.2 Å². The Balaban J connectivity index is 2.15. The molecule has 2 aromatic carbocycles. The number of ether oxygens (including phenoxy) is 4. The van der Waals surface area contributed by atoms with Gasteiger partial charge in [0.2, 0.25) is 11.5 Å². The number of benzene rings is 2. The second kappa shape index (κ2) is 7.41. The topological polar surface area (TPSA) is 82.7 Å². The number of aromatic amines is 1. The molecule has 27 heavy (non-hydrogen) atoms. The van der Waals surface area contributed by atoms with E-state index in [1.165, 1.54) is 21.3 Å². The van der Waals surface area contributed by atoms with E-state index in [0.717, 1.165) is 5.56 Å². The lowest BCUT2D eigenvalue weighted by Crippen LogP contribution is -2.05. The van der Waals surface area contributed by atoms with E-state index in [1.54, 1.807) is 37.5 Å². The molecule has 1 N–H and O–H groups in total. The SMILES string of the molecule is C=Cc1c(OC)ccc2c(C(=O)c3cc(OC)c(OC)c(OC)c3)[nH]nc12. The van der Waals surface area contributed by atoms with Crippen LogP contribution in [-0.2, 0) is 0 Å². The van der Waals surface area contributed by atoms with E-state index in [9.17, 15) is 4.79 Å². The van der Waals surface area contributed by atoms with Crippen LogP contribution in [0.1, 0.15) is 21.6 Å². The molecule has 0 atom stereocenters. The standard InChI is InChI=1S/C20H20N2O5/c1-6-12-14(24-2)8-7-13-17(12)21-22-18(13)19(23)11-9-15(25-3)20(27-5)16(10-11)26-4/h6-10H,1H2,2-5H3,(H,21,22). The molecular weight excluding hydrogens is 348 g/mol. The van der Waals surface area contributed by atoms with Gasteiger partial charge < -0.3 is 18.9 Å². The molecule has 0 radical (unpaired) electrons. The van der Waals surface area contributed by atoms with Crippen LogP contribution in [0.15, 0.2) is 30.8 Å². The van der Waals surface area contributed by atoms with Crippen LogP contribution in [-0.4, -0.2) is 44.4 Å². The van der Waals surface area contributed by atoms with Crippen molar-refractivity contribution in [2.75, 3.05) is 28.4 Å². The predicted octanol–water partition coefficient (Wildman–Crippen LogP) is 3.47. The van der Waals surface area contributed by atoms with Gasteiger partial charge in [0.15, 0.2) is 11.5 Å². The monoisotopic (exact) mass is 368 g/mol. The Kier molecular flexibility index (Phi) is 5.03. The summed E-state index contributed by atoms with van der Waals surface area (Å²) in [5.41, 5.74) is 2.06. The molecule has 0 fully saturated rings. The normalized spacial score (nSPS) is 10.5. The lowest BCUT2D eigenvalue weighted by molar-refractivity contribution is 0.103. The highest BCUT2D eigenvalue weighted by Gasteiger charge is 2.22. The van der Waals surface area contributed by atoms with Gasteiger partial charge >= 0.3 is 0 Å². The minimum atomic E-state index is -0.253. The van der Waals surface area contributed by atoms with Gasteiger partial charge in [-0.15, -0.1) is 0 Å². The minimum absolute atomic E-state index is 0.253. The number of fused-ring (bicyclic) bond motifs is 1. The Morgan fingerprint density at radius 3 is 2.15 bits per heavy atom. The van der Waals surface area contributed by atoms with Crippen molar-refractivity contribution in [2.24, 2.45) is 0 Å². The molecule has 0 aliphatic rings. The molecule has 0 aliphatic carbocycles. The fourth-order valence-corrected chi connectivity index (χ4v) is 2.99. The number of carbonyl (C=O) groups excluding carboxylic acids is 1.